The minimum Gasteiger partial charge on any atom is -0.396 e. The van der Waals surface area contributed by atoms with Crippen molar-refractivity contribution in [2.24, 2.45) is 10.8 Å². The molecule has 1 aliphatic carbocycles. The fourth-order valence-corrected chi connectivity index (χ4v) is 2.67. The van der Waals surface area contributed by atoms with Crippen molar-refractivity contribution < 1.29 is 5.11 Å². The number of hydrogen-bond donors (Lipinski definition) is 2. The first-order valence-corrected chi connectivity index (χ1v) is 7.19. The second-order valence-corrected chi connectivity index (χ2v) is 7.31. The van der Waals surface area contributed by atoms with Gasteiger partial charge in [-0.15, -0.1) is 0 Å². The van der Waals surface area contributed by atoms with E-state index in [1.807, 2.05) is 0 Å². The summed E-state index contributed by atoms with van der Waals surface area (Å²) in [6.07, 6.45) is 7.37. The summed E-state index contributed by atoms with van der Waals surface area (Å²) in [4.78, 5) is 0. The van der Waals surface area contributed by atoms with Crippen LogP contribution >= 0.6 is 0 Å². The lowest BCUT2D eigenvalue weighted by atomic mass is 9.75. The molecule has 2 N–H and O–H groups in total. The minimum absolute atomic E-state index is 0.315. The van der Waals surface area contributed by atoms with Crippen LogP contribution in [0.3, 0.4) is 0 Å². The second kappa shape index (κ2) is 6.19. The smallest absolute Gasteiger partial charge is 0.0431 e. The van der Waals surface area contributed by atoms with E-state index >= 15 is 0 Å². The first kappa shape index (κ1) is 15.0. The van der Waals surface area contributed by atoms with Crippen molar-refractivity contribution in [2.75, 3.05) is 13.2 Å². The van der Waals surface area contributed by atoms with E-state index in [9.17, 15) is 0 Å². The molecule has 0 aromatic heterocycles. The van der Waals surface area contributed by atoms with E-state index in [0.717, 1.165) is 25.4 Å². The van der Waals surface area contributed by atoms with Crippen molar-refractivity contribution in [3.63, 3.8) is 0 Å². The van der Waals surface area contributed by atoms with Crippen LogP contribution in [0.2, 0.25) is 0 Å². The van der Waals surface area contributed by atoms with Gasteiger partial charge < -0.3 is 10.4 Å². The molecule has 0 aromatic rings. The Bertz CT molecular complexity index is 213. The Hall–Kier alpha value is -0.0800. The highest BCUT2D eigenvalue weighted by atomic mass is 16.2. The van der Waals surface area contributed by atoms with E-state index in [1.54, 1.807) is 0 Å². The van der Waals surface area contributed by atoms with Gasteiger partial charge in [-0.3, -0.25) is 0 Å². The van der Waals surface area contributed by atoms with Gasteiger partial charge in [0.05, 0.1) is 0 Å². The lowest BCUT2D eigenvalue weighted by Gasteiger charge is -2.36. The number of nitrogens with one attached hydrogen (secondary N) is 1. The molecule has 0 amide bonds. The Balaban J connectivity index is 2.22. The van der Waals surface area contributed by atoms with E-state index in [-0.39, 0.29) is 0 Å². The van der Waals surface area contributed by atoms with Gasteiger partial charge in [-0.2, -0.15) is 0 Å². The van der Waals surface area contributed by atoms with Gasteiger partial charge >= 0.3 is 0 Å². The van der Waals surface area contributed by atoms with Crippen molar-refractivity contribution in [1.29, 1.82) is 0 Å². The summed E-state index contributed by atoms with van der Waals surface area (Å²) >= 11 is 0. The van der Waals surface area contributed by atoms with Gasteiger partial charge in [0.2, 0.25) is 0 Å². The average molecular weight is 241 g/mol. The molecule has 2 heteroatoms. The first-order valence-electron chi connectivity index (χ1n) is 7.19. The van der Waals surface area contributed by atoms with Crippen molar-refractivity contribution in [3.8, 4) is 0 Å². The molecular weight excluding hydrogens is 210 g/mol. The van der Waals surface area contributed by atoms with Crippen LogP contribution in [0.4, 0.5) is 0 Å². The van der Waals surface area contributed by atoms with Crippen LogP contribution in [0.25, 0.3) is 0 Å². The third kappa shape index (κ3) is 5.87. The van der Waals surface area contributed by atoms with E-state index in [4.69, 9.17) is 5.11 Å². The van der Waals surface area contributed by atoms with Gasteiger partial charge in [0, 0.05) is 19.2 Å². The lowest BCUT2D eigenvalue weighted by molar-refractivity contribution is 0.185. The average Bonchev–Trinajstić information content (AvgIpc) is 2.25. The Morgan fingerprint density at radius 2 is 1.82 bits per heavy atom. The molecule has 0 aromatic carbocycles. The van der Waals surface area contributed by atoms with Gasteiger partial charge in [0.1, 0.15) is 0 Å². The standard InChI is InChI=1S/C15H31NO/c1-14(2)9-6-13(7-10-14)16-12-15(3,4)8-5-11-17/h13,16-17H,5-12H2,1-4H3. The molecule has 0 aliphatic heterocycles. The van der Waals surface area contributed by atoms with Crippen LogP contribution in [0.5, 0.6) is 0 Å². The molecule has 102 valence electrons. The van der Waals surface area contributed by atoms with Gasteiger partial charge in [0.15, 0.2) is 0 Å². The molecule has 0 saturated heterocycles. The molecule has 0 bridgehead atoms. The van der Waals surface area contributed by atoms with Crippen LogP contribution in [0.1, 0.15) is 66.2 Å². The zero-order chi connectivity index (χ0) is 12.9. The third-order valence-corrected chi connectivity index (χ3v) is 4.22. The summed E-state index contributed by atoms with van der Waals surface area (Å²) in [6.45, 7) is 10.8. The number of aliphatic hydroxyl groups is 1. The highest BCUT2D eigenvalue weighted by Crippen LogP contribution is 2.35. The molecule has 0 heterocycles. The minimum atomic E-state index is 0.315. The highest BCUT2D eigenvalue weighted by Gasteiger charge is 2.27. The molecule has 17 heavy (non-hydrogen) atoms. The maximum Gasteiger partial charge on any atom is 0.0431 e. The molecular formula is C15H31NO. The van der Waals surface area contributed by atoms with Crippen molar-refractivity contribution >= 4 is 0 Å². The number of hydrogen-bond acceptors (Lipinski definition) is 2. The fourth-order valence-electron chi connectivity index (χ4n) is 2.67. The zero-order valence-corrected chi connectivity index (χ0v) is 12.2. The van der Waals surface area contributed by atoms with E-state index in [0.29, 0.717) is 17.4 Å². The zero-order valence-electron chi connectivity index (χ0n) is 12.2. The Morgan fingerprint density at radius 3 is 2.35 bits per heavy atom. The van der Waals surface area contributed by atoms with Crippen molar-refractivity contribution in [1.82, 2.24) is 5.32 Å². The Kier molecular flexibility index (Phi) is 5.46. The van der Waals surface area contributed by atoms with Crippen LogP contribution < -0.4 is 5.32 Å². The van der Waals surface area contributed by atoms with E-state index < -0.39 is 0 Å². The van der Waals surface area contributed by atoms with Crippen LogP contribution in [-0.2, 0) is 0 Å². The van der Waals surface area contributed by atoms with Gasteiger partial charge in [-0.1, -0.05) is 27.7 Å². The molecule has 0 atom stereocenters. The second-order valence-electron chi connectivity index (χ2n) is 7.31. The fraction of sp³-hybridized carbons (Fsp3) is 1.00. The molecule has 0 spiro atoms. The van der Waals surface area contributed by atoms with Crippen molar-refractivity contribution in [2.45, 2.75) is 72.3 Å². The molecule has 1 aliphatic rings. The topological polar surface area (TPSA) is 32.3 Å². The predicted octanol–water partition coefficient (Wildman–Crippen LogP) is 3.34. The molecule has 0 unspecified atom stereocenters. The molecule has 1 rings (SSSR count). The van der Waals surface area contributed by atoms with Crippen LogP contribution in [0, 0.1) is 10.8 Å². The lowest BCUT2D eigenvalue weighted by Crippen LogP contribution is -2.40. The maximum atomic E-state index is 8.88. The Labute approximate surface area is 107 Å². The summed E-state index contributed by atoms with van der Waals surface area (Å²) < 4.78 is 0. The highest BCUT2D eigenvalue weighted by molar-refractivity contribution is 4.83. The first-order chi connectivity index (χ1) is 7.85. The summed E-state index contributed by atoms with van der Waals surface area (Å²) in [5.74, 6) is 0. The predicted molar refractivity (Wildman–Crippen MR) is 74.1 cm³/mol. The monoisotopic (exact) mass is 241 g/mol. The molecule has 1 fully saturated rings. The number of rotatable bonds is 6. The third-order valence-electron chi connectivity index (χ3n) is 4.22. The summed E-state index contributed by atoms with van der Waals surface area (Å²) in [7, 11) is 0. The summed E-state index contributed by atoms with van der Waals surface area (Å²) in [5.41, 5.74) is 0.875. The molecule has 0 radical (unpaired) electrons. The van der Waals surface area contributed by atoms with Crippen LogP contribution in [0.15, 0.2) is 0 Å². The molecule has 1 saturated carbocycles. The summed E-state index contributed by atoms with van der Waals surface area (Å²) in [5, 5.41) is 12.6. The maximum absolute atomic E-state index is 8.88. The SMILES string of the molecule is CC1(C)CCC(NCC(C)(C)CCCO)CC1. The molecule has 2 nitrogen and oxygen atoms in total. The van der Waals surface area contributed by atoms with E-state index in [1.165, 1.54) is 25.7 Å². The summed E-state index contributed by atoms with van der Waals surface area (Å²) in [6, 6.07) is 0.719. The van der Waals surface area contributed by atoms with E-state index in [2.05, 4.69) is 33.0 Å². The normalized spacial score (nSPS) is 21.7. The van der Waals surface area contributed by atoms with Crippen molar-refractivity contribution in [3.05, 3.63) is 0 Å². The Morgan fingerprint density at radius 1 is 1.24 bits per heavy atom. The van der Waals surface area contributed by atoms with Crippen LogP contribution in [-0.4, -0.2) is 24.3 Å². The van der Waals surface area contributed by atoms with Gasteiger partial charge in [-0.05, 0) is 49.4 Å². The quantitative estimate of drug-likeness (QED) is 0.747. The van der Waals surface area contributed by atoms with Gasteiger partial charge in [0.25, 0.3) is 0 Å². The van der Waals surface area contributed by atoms with Gasteiger partial charge in [-0.25, -0.2) is 0 Å². The number of aliphatic hydroxyl groups excluding tert-OH is 1. The largest absolute Gasteiger partial charge is 0.396 e.